The molecule has 0 aliphatic carbocycles. The van der Waals surface area contributed by atoms with Gasteiger partial charge in [-0.25, -0.2) is 9.37 Å². The molecule has 2 aromatic carbocycles. The molecule has 2 heterocycles. The van der Waals surface area contributed by atoms with Gasteiger partial charge >= 0.3 is 0 Å². The highest BCUT2D eigenvalue weighted by atomic mass is 19.1. The lowest BCUT2D eigenvalue weighted by Crippen LogP contribution is -2.16. The van der Waals surface area contributed by atoms with Crippen molar-refractivity contribution in [1.82, 2.24) is 9.97 Å². The maximum Gasteiger partial charge on any atom is 0.133 e. The minimum Gasteiger partial charge on any atom is -0.392 e. The first-order chi connectivity index (χ1) is 13.2. The van der Waals surface area contributed by atoms with E-state index in [1.165, 1.54) is 12.1 Å². The van der Waals surface area contributed by atoms with Crippen molar-refractivity contribution in [2.45, 2.75) is 12.6 Å². The van der Waals surface area contributed by atoms with Crippen molar-refractivity contribution in [1.29, 1.82) is 0 Å². The van der Waals surface area contributed by atoms with Crippen LogP contribution in [0, 0.1) is 5.82 Å². The van der Waals surface area contributed by atoms with Gasteiger partial charge in [-0.3, -0.25) is 4.98 Å². The summed E-state index contributed by atoms with van der Waals surface area (Å²) in [7, 11) is 0. The van der Waals surface area contributed by atoms with E-state index in [9.17, 15) is 9.50 Å². The zero-order valence-corrected chi connectivity index (χ0v) is 14.5. The molecule has 0 amide bonds. The van der Waals surface area contributed by atoms with Gasteiger partial charge in [0, 0.05) is 17.1 Å². The molecule has 2 aromatic heterocycles. The normalized spacial score (nSPS) is 12.1. The van der Waals surface area contributed by atoms with Crippen LogP contribution >= 0.6 is 0 Å². The number of aliphatic hydroxyl groups is 1. The lowest BCUT2D eigenvalue weighted by atomic mass is 10.0. The summed E-state index contributed by atoms with van der Waals surface area (Å²) in [6.45, 7) is -0.155. The van der Waals surface area contributed by atoms with E-state index < -0.39 is 6.04 Å². The van der Waals surface area contributed by atoms with Gasteiger partial charge in [0.1, 0.15) is 11.6 Å². The van der Waals surface area contributed by atoms with E-state index in [2.05, 4.69) is 15.3 Å². The molecule has 0 bridgehead atoms. The number of pyridine rings is 2. The number of anilines is 1. The number of nitrogens with one attached hydrogen (secondary N) is 1. The number of nitrogens with zero attached hydrogens (tertiary/aromatic N) is 2. The van der Waals surface area contributed by atoms with Crippen LogP contribution < -0.4 is 5.32 Å². The van der Waals surface area contributed by atoms with Crippen molar-refractivity contribution in [2.24, 2.45) is 0 Å². The highest BCUT2D eigenvalue weighted by Crippen LogP contribution is 2.28. The monoisotopic (exact) mass is 359 g/mol. The van der Waals surface area contributed by atoms with Gasteiger partial charge in [0.05, 0.1) is 23.9 Å². The molecule has 4 rings (SSSR count). The molecule has 0 saturated heterocycles. The number of para-hydroxylation sites is 1. The molecular weight excluding hydrogens is 341 g/mol. The van der Waals surface area contributed by atoms with Crippen LogP contribution in [0.25, 0.3) is 10.9 Å². The third-order valence-corrected chi connectivity index (χ3v) is 4.42. The first-order valence-electron chi connectivity index (χ1n) is 8.67. The summed E-state index contributed by atoms with van der Waals surface area (Å²) in [4.78, 5) is 9.09. The van der Waals surface area contributed by atoms with Gasteiger partial charge in [-0.1, -0.05) is 36.4 Å². The van der Waals surface area contributed by atoms with Gasteiger partial charge in [0.15, 0.2) is 0 Å². The molecule has 4 nitrogen and oxygen atoms in total. The molecule has 4 aromatic rings. The van der Waals surface area contributed by atoms with E-state index in [-0.39, 0.29) is 12.4 Å². The number of fused-ring (bicyclic) bond motifs is 1. The summed E-state index contributed by atoms with van der Waals surface area (Å²) in [6.07, 6.45) is 1.70. The van der Waals surface area contributed by atoms with Crippen molar-refractivity contribution in [3.05, 3.63) is 102 Å². The van der Waals surface area contributed by atoms with Gasteiger partial charge in [0.25, 0.3) is 0 Å². The fourth-order valence-electron chi connectivity index (χ4n) is 3.10. The van der Waals surface area contributed by atoms with Crippen molar-refractivity contribution >= 4 is 16.7 Å². The average molecular weight is 359 g/mol. The SMILES string of the molecule is OCc1cc2ccccc2nc1NC(c1cccc(F)c1)c1ccccn1. The zero-order valence-electron chi connectivity index (χ0n) is 14.5. The number of aliphatic hydroxyl groups excluding tert-OH is 1. The Morgan fingerprint density at radius 1 is 0.963 bits per heavy atom. The topological polar surface area (TPSA) is 58.0 Å². The standard InChI is InChI=1S/C22H18FN3O/c23-18-8-5-7-16(13-18)21(20-10-3-4-11-24-20)26-22-17(14-27)12-15-6-1-2-9-19(15)25-22/h1-13,21,27H,14H2,(H,25,26). The van der Waals surface area contributed by atoms with Gasteiger partial charge in [0.2, 0.25) is 0 Å². The first-order valence-corrected chi connectivity index (χ1v) is 8.67. The maximum atomic E-state index is 13.8. The molecule has 134 valence electrons. The van der Waals surface area contributed by atoms with Gasteiger partial charge in [-0.15, -0.1) is 0 Å². The Morgan fingerprint density at radius 3 is 2.59 bits per heavy atom. The quantitative estimate of drug-likeness (QED) is 0.552. The Morgan fingerprint density at radius 2 is 1.81 bits per heavy atom. The number of rotatable bonds is 5. The van der Waals surface area contributed by atoms with Crippen LogP contribution in [0.4, 0.5) is 10.2 Å². The highest BCUT2D eigenvalue weighted by Gasteiger charge is 2.18. The summed E-state index contributed by atoms with van der Waals surface area (Å²) in [6, 6.07) is 21.2. The summed E-state index contributed by atoms with van der Waals surface area (Å²) < 4.78 is 13.8. The minimum atomic E-state index is -0.402. The van der Waals surface area contributed by atoms with E-state index in [0.717, 1.165) is 22.2 Å². The van der Waals surface area contributed by atoms with Crippen LogP contribution in [0.2, 0.25) is 0 Å². The predicted molar refractivity (Wildman–Crippen MR) is 104 cm³/mol. The van der Waals surface area contributed by atoms with E-state index in [1.807, 2.05) is 54.6 Å². The van der Waals surface area contributed by atoms with Crippen molar-refractivity contribution < 1.29 is 9.50 Å². The molecule has 0 aliphatic rings. The van der Waals surface area contributed by atoms with E-state index >= 15 is 0 Å². The molecule has 0 fully saturated rings. The second-order valence-electron chi connectivity index (χ2n) is 6.23. The van der Waals surface area contributed by atoms with Crippen LogP contribution in [0.5, 0.6) is 0 Å². The molecule has 1 unspecified atom stereocenters. The highest BCUT2D eigenvalue weighted by molar-refractivity contribution is 5.81. The molecule has 0 spiro atoms. The van der Waals surface area contributed by atoms with Gasteiger partial charge < -0.3 is 10.4 Å². The number of aromatic nitrogens is 2. The number of hydrogen-bond acceptors (Lipinski definition) is 4. The molecule has 1 atom stereocenters. The number of halogens is 1. The van der Waals surface area contributed by atoms with Crippen molar-refractivity contribution in [3.8, 4) is 0 Å². The van der Waals surface area contributed by atoms with Gasteiger partial charge in [-0.2, -0.15) is 0 Å². The number of benzene rings is 2. The van der Waals surface area contributed by atoms with Crippen molar-refractivity contribution in [2.75, 3.05) is 5.32 Å². The van der Waals surface area contributed by atoms with Crippen molar-refractivity contribution in [3.63, 3.8) is 0 Å². The Hall–Kier alpha value is -3.31. The molecule has 2 N–H and O–H groups in total. The second-order valence-corrected chi connectivity index (χ2v) is 6.23. The lowest BCUT2D eigenvalue weighted by Gasteiger charge is -2.21. The minimum absolute atomic E-state index is 0.155. The van der Waals surface area contributed by atoms with E-state index in [4.69, 9.17) is 0 Å². The summed E-state index contributed by atoms with van der Waals surface area (Å²) in [5.41, 5.74) is 2.96. The van der Waals surface area contributed by atoms with E-state index in [0.29, 0.717) is 11.4 Å². The van der Waals surface area contributed by atoms with Crippen LogP contribution in [0.15, 0.2) is 79.0 Å². The fraction of sp³-hybridized carbons (Fsp3) is 0.0909. The Labute approximate surface area is 156 Å². The largest absolute Gasteiger partial charge is 0.392 e. The Balaban J connectivity index is 1.81. The first kappa shape index (κ1) is 17.1. The molecule has 27 heavy (non-hydrogen) atoms. The molecule has 0 radical (unpaired) electrons. The molecule has 0 saturated carbocycles. The second kappa shape index (κ2) is 7.51. The third kappa shape index (κ3) is 3.64. The average Bonchev–Trinajstić information content (AvgIpc) is 2.72. The molecule has 5 heteroatoms. The molecular formula is C22H18FN3O. The lowest BCUT2D eigenvalue weighted by molar-refractivity contribution is 0.282. The van der Waals surface area contributed by atoms with Crippen LogP contribution in [0.3, 0.4) is 0 Å². The Bertz CT molecular complexity index is 1070. The van der Waals surface area contributed by atoms with Crippen LogP contribution in [-0.4, -0.2) is 15.1 Å². The zero-order chi connectivity index (χ0) is 18.6. The maximum absolute atomic E-state index is 13.8. The third-order valence-electron chi connectivity index (χ3n) is 4.42. The number of hydrogen-bond donors (Lipinski definition) is 2. The van der Waals surface area contributed by atoms with E-state index in [1.54, 1.807) is 12.3 Å². The summed E-state index contributed by atoms with van der Waals surface area (Å²) in [5, 5.41) is 14.1. The predicted octanol–water partition coefficient (Wildman–Crippen LogP) is 4.46. The van der Waals surface area contributed by atoms with Crippen LogP contribution in [0.1, 0.15) is 22.9 Å². The summed E-state index contributed by atoms with van der Waals surface area (Å²) in [5.74, 6) is 0.236. The Kier molecular flexibility index (Phi) is 4.77. The van der Waals surface area contributed by atoms with Crippen LogP contribution in [-0.2, 0) is 6.61 Å². The van der Waals surface area contributed by atoms with Gasteiger partial charge in [-0.05, 0) is 42.0 Å². The molecule has 0 aliphatic heterocycles. The fourth-order valence-corrected chi connectivity index (χ4v) is 3.10. The smallest absolute Gasteiger partial charge is 0.133 e. The summed E-state index contributed by atoms with van der Waals surface area (Å²) >= 11 is 0.